The zero-order chi connectivity index (χ0) is 30.6. The average Bonchev–Trinajstić information content (AvgIpc) is 3.62. The van der Waals surface area contributed by atoms with E-state index in [-0.39, 0.29) is 36.9 Å². The van der Waals surface area contributed by atoms with Gasteiger partial charge in [0, 0.05) is 18.3 Å². The normalized spacial score (nSPS) is 20.8. The van der Waals surface area contributed by atoms with Gasteiger partial charge in [-0.25, -0.2) is 4.79 Å². The molecule has 0 aromatic heterocycles. The van der Waals surface area contributed by atoms with Crippen LogP contribution in [-0.2, 0) is 24.6 Å². The van der Waals surface area contributed by atoms with Gasteiger partial charge in [0.25, 0.3) is 0 Å². The molecule has 5 aromatic carbocycles. The Morgan fingerprint density at radius 1 is 0.667 bits per heavy atom. The molecule has 0 radical (unpaired) electrons. The molecule has 1 heterocycles. The SMILES string of the molecule is O=C1C[C@H]2[C@H](COC(c3ccccc3)(c3ccccc3)c3ccccc3)[C@@H](OC(=O)c3ccc(-c4ccccc4)cc3)C[C@@H]2O1. The summed E-state index contributed by atoms with van der Waals surface area (Å²) in [5, 5.41) is 0. The molecule has 5 aromatic rings. The molecular formula is C40H34O5. The van der Waals surface area contributed by atoms with Crippen LogP contribution in [0.4, 0.5) is 0 Å². The molecule has 224 valence electrons. The van der Waals surface area contributed by atoms with Crippen molar-refractivity contribution in [3.8, 4) is 11.1 Å². The van der Waals surface area contributed by atoms with Crippen LogP contribution in [0.5, 0.6) is 0 Å². The summed E-state index contributed by atoms with van der Waals surface area (Å²) in [7, 11) is 0. The lowest BCUT2D eigenvalue weighted by Gasteiger charge is -2.38. The Morgan fingerprint density at radius 3 is 1.69 bits per heavy atom. The van der Waals surface area contributed by atoms with Crippen molar-refractivity contribution < 1.29 is 23.8 Å². The van der Waals surface area contributed by atoms with Gasteiger partial charge in [-0.3, -0.25) is 4.79 Å². The number of rotatable bonds is 9. The zero-order valence-corrected chi connectivity index (χ0v) is 24.8. The molecule has 2 fully saturated rings. The summed E-state index contributed by atoms with van der Waals surface area (Å²) in [6.07, 6.45) is -0.0285. The van der Waals surface area contributed by atoms with Gasteiger partial charge in [-0.05, 0) is 39.9 Å². The highest BCUT2D eigenvalue weighted by Crippen LogP contribution is 2.46. The summed E-state index contributed by atoms with van der Waals surface area (Å²) in [5.41, 5.74) is 4.63. The third-order valence-corrected chi connectivity index (χ3v) is 9.17. The Morgan fingerprint density at radius 2 is 1.16 bits per heavy atom. The highest BCUT2D eigenvalue weighted by molar-refractivity contribution is 5.90. The van der Waals surface area contributed by atoms with Gasteiger partial charge in [-0.15, -0.1) is 0 Å². The molecule has 1 aliphatic heterocycles. The topological polar surface area (TPSA) is 61.8 Å². The first-order chi connectivity index (χ1) is 22.1. The van der Waals surface area contributed by atoms with Crippen LogP contribution in [0, 0.1) is 11.8 Å². The van der Waals surface area contributed by atoms with E-state index >= 15 is 0 Å². The van der Waals surface area contributed by atoms with Crippen LogP contribution in [0.25, 0.3) is 11.1 Å². The Labute approximate surface area is 263 Å². The minimum atomic E-state index is -0.923. The number of hydrogen-bond donors (Lipinski definition) is 0. The van der Waals surface area contributed by atoms with Gasteiger partial charge in [0.05, 0.1) is 18.6 Å². The second-order valence-corrected chi connectivity index (χ2v) is 11.8. The van der Waals surface area contributed by atoms with Gasteiger partial charge in [-0.1, -0.05) is 133 Å². The predicted molar refractivity (Wildman–Crippen MR) is 172 cm³/mol. The lowest BCUT2D eigenvalue weighted by atomic mass is 9.79. The van der Waals surface area contributed by atoms with Crippen molar-refractivity contribution in [2.24, 2.45) is 11.8 Å². The summed E-state index contributed by atoms with van der Waals surface area (Å²) in [6.45, 7) is 0.265. The molecule has 2 aliphatic rings. The van der Waals surface area contributed by atoms with E-state index < -0.39 is 17.7 Å². The zero-order valence-electron chi connectivity index (χ0n) is 24.8. The summed E-state index contributed by atoms with van der Waals surface area (Å²) >= 11 is 0. The fraction of sp³-hybridized carbons (Fsp3) is 0.200. The maximum absolute atomic E-state index is 13.5. The number of carbonyl (C=O) groups excluding carboxylic acids is 2. The van der Waals surface area contributed by atoms with Crippen LogP contribution in [0.3, 0.4) is 0 Å². The van der Waals surface area contributed by atoms with Gasteiger partial charge < -0.3 is 14.2 Å². The van der Waals surface area contributed by atoms with Gasteiger partial charge >= 0.3 is 11.9 Å². The highest BCUT2D eigenvalue weighted by atomic mass is 16.6. The standard InChI is InChI=1S/C40H34O5/c41-38-25-34-35(37(26-36(34)44-38)45-39(42)30-23-21-29(22-24-30)28-13-5-1-6-14-28)27-43-40(31-15-7-2-8-16-31,32-17-9-3-10-18-32)33-19-11-4-12-20-33/h1-24,34-37H,25-27H2/t34-,35-,36-,37-/m0/s1. The molecule has 1 saturated carbocycles. The molecular weight excluding hydrogens is 560 g/mol. The predicted octanol–water partition coefficient (Wildman–Crippen LogP) is 7.84. The molecule has 5 heteroatoms. The van der Waals surface area contributed by atoms with Crippen LogP contribution in [0.2, 0.25) is 0 Å². The number of fused-ring (bicyclic) bond motifs is 1. The van der Waals surface area contributed by atoms with Crippen molar-refractivity contribution in [1.82, 2.24) is 0 Å². The molecule has 4 atom stereocenters. The van der Waals surface area contributed by atoms with Gasteiger partial charge in [0.2, 0.25) is 0 Å². The summed E-state index contributed by atoms with van der Waals surface area (Å²) in [4.78, 5) is 25.9. The quantitative estimate of drug-likeness (QED) is 0.129. The Hall–Kier alpha value is -5.00. The Bertz CT molecular complexity index is 1640. The van der Waals surface area contributed by atoms with Crippen molar-refractivity contribution in [2.75, 3.05) is 6.61 Å². The minimum Gasteiger partial charge on any atom is -0.462 e. The minimum absolute atomic E-state index is 0.101. The maximum atomic E-state index is 13.5. The molecule has 45 heavy (non-hydrogen) atoms. The highest BCUT2D eigenvalue weighted by Gasteiger charge is 2.53. The van der Waals surface area contributed by atoms with E-state index in [1.165, 1.54) is 0 Å². The second kappa shape index (κ2) is 12.5. The Kier molecular flexibility index (Phi) is 8.02. The van der Waals surface area contributed by atoms with Gasteiger partial charge in [-0.2, -0.15) is 0 Å². The van der Waals surface area contributed by atoms with E-state index in [0.717, 1.165) is 27.8 Å². The summed E-state index contributed by atoms with van der Waals surface area (Å²) in [5.74, 6) is -0.937. The number of ether oxygens (including phenoxy) is 3. The lowest BCUT2D eigenvalue weighted by Crippen LogP contribution is -2.38. The van der Waals surface area contributed by atoms with Crippen molar-refractivity contribution in [2.45, 2.75) is 30.7 Å². The molecule has 1 aliphatic carbocycles. The number of benzene rings is 5. The fourth-order valence-electron chi connectivity index (χ4n) is 6.95. The number of esters is 2. The van der Waals surface area contributed by atoms with E-state index in [1.54, 1.807) is 12.1 Å². The second-order valence-electron chi connectivity index (χ2n) is 11.8. The van der Waals surface area contributed by atoms with Gasteiger partial charge in [0.1, 0.15) is 17.8 Å². The van der Waals surface area contributed by atoms with Crippen LogP contribution >= 0.6 is 0 Å². The van der Waals surface area contributed by atoms with Crippen LogP contribution in [0.1, 0.15) is 39.9 Å². The third kappa shape index (κ3) is 5.67. The molecule has 0 amide bonds. The first kappa shape index (κ1) is 28.8. The first-order valence-electron chi connectivity index (χ1n) is 15.5. The molecule has 7 rings (SSSR count). The van der Waals surface area contributed by atoms with Crippen LogP contribution < -0.4 is 0 Å². The number of carbonyl (C=O) groups is 2. The van der Waals surface area contributed by atoms with Crippen LogP contribution in [-0.4, -0.2) is 30.8 Å². The van der Waals surface area contributed by atoms with Crippen molar-refractivity contribution in [3.05, 3.63) is 168 Å². The van der Waals surface area contributed by atoms with Crippen molar-refractivity contribution in [1.29, 1.82) is 0 Å². The molecule has 0 N–H and O–H groups in total. The number of hydrogen-bond acceptors (Lipinski definition) is 5. The van der Waals surface area contributed by atoms with Crippen molar-refractivity contribution >= 4 is 11.9 Å². The average molecular weight is 595 g/mol. The van der Waals surface area contributed by atoms with E-state index in [2.05, 4.69) is 36.4 Å². The summed E-state index contributed by atoms with van der Waals surface area (Å²) < 4.78 is 19.0. The van der Waals surface area contributed by atoms with E-state index in [0.29, 0.717) is 12.0 Å². The first-order valence-corrected chi connectivity index (χ1v) is 15.5. The van der Waals surface area contributed by atoms with Crippen LogP contribution in [0.15, 0.2) is 146 Å². The van der Waals surface area contributed by atoms with E-state index in [4.69, 9.17) is 14.2 Å². The lowest BCUT2D eigenvalue weighted by molar-refractivity contribution is -0.141. The molecule has 0 unspecified atom stereocenters. The van der Waals surface area contributed by atoms with E-state index in [1.807, 2.05) is 97.1 Å². The monoisotopic (exact) mass is 594 g/mol. The molecule has 0 bridgehead atoms. The largest absolute Gasteiger partial charge is 0.462 e. The molecule has 0 spiro atoms. The molecule has 1 saturated heterocycles. The Balaban J connectivity index is 1.19. The van der Waals surface area contributed by atoms with E-state index in [9.17, 15) is 9.59 Å². The smallest absolute Gasteiger partial charge is 0.338 e. The third-order valence-electron chi connectivity index (χ3n) is 9.17. The van der Waals surface area contributed by atoms with Crippen molar-refractivity contribution in [3.63, 3.8) is 0 Å². The summed E-state index contributed by atoms with van der Waals surface area (Å²) in [6, 6.07) is 48.1. The maximum Gasteiger partial charge on any atom is 0.338 e. The molecule has 5 nitrogen and oxygen atoms in total. The van der Waals surface area contributed by atoms with Gasteiger partial charge in [0.15, 0.2) is 0 Å². The fourth-order valence-corrected chi connectivity index (χ4v) is 6.95.